The molecule has 0 radical (unpaired) electrons. The van der Waals surface area contributed by atoms with E-state index in [0.29, 0.717) is 17.6 Å². The summed E-state index contributed by atoms with van der Waals surface area (Å²) in [6.07, 6.45) is 1.81. The van der Waals surface area contributed by atoms with Gasteiger partial charge in [-0.3, -0.25) is 5.10 Å². The molecule has 0 bridgehead atoms. The molecular weight excluding hydrogens is 208 g/mol. The standard InChI is InChI=1S/C10H18N4S/c1-7(2)4-11-10(15)12-5-9-6-13-14-8(9)3/h6-7H,4-5H2,1-3H3,(H,13,14)(H2,11,12,15). The summed E-state index contributed by atoms with van der Waals surface area (Å²) in [6, 6.07) is 0. The minimum Gasteiger partial charge on any atom is -0.362 e. The third-order valence-corrected chi connectivity index (χ3v) is 2.33. The summed E-state index contributed by atoms with van der Waals surface area (Å²) in [6.45, 7) is 7.91. The number of hydrogen-bond acceptors (Lipinski definition) is 2. The summed E-state index contributed by atoms with van der Waals surface area (Å²) in [5.74, 6) is 0.598. The van der Waals surface area contributed by atoms with Gasteiger partial charge in [0, 0.05) is 24.3 Å². The van der Waals surface area contributed by atoms with Crippen LogP contribution in [0.2, 0.25) is 0 Å². The normalized spacial score (nSPS) is 10.4. The van der Waals surface area contributed by atoms with Crippen molar-refractivity contribution < 1.29 is 0 Å². The monoisotopic (exact) mass is 226 g/mol. The molecule has 0 amide bonds. The Morgan fingerprint density at radius 3 is 2.80 bits per heavy atom. The lowest BCUT2D eigenvalue weighted by Crippen LogP contribution is -2.36. The highest BCUT2D eigenvalue weighted by molar-refractivity contribution is 7.80. The zero-order chi connectivity index (χ0) is 11.3. The van der Waals surface area contributed by atoms with E-state index in [-0.39, 0.29) is 0 Å². The second kappa shape index (κ2) is 5.70. The van der Waals surface area contributed by atoms with Crippen molar-refractivity contribution in [3.05, 3.63) is 17.5 Å². The predicted octanol–water partition coefficient (Wildman–Crippen LogP) is 1.34. The van der Waals surface area contributed by atoms with Crippen molar-refractivity contribution >= 4 is 17.3 Å². The molecule has 5 heteroatoms. The highest BCUT2D eigenvalue weighted by Gasteiger charge is 2.01. The molecular formula is C10H18N4S. The third kappa shape index (κ3) is 4.29. The largest absolute Gasteiger partial charge is 0.362 e. The zero-order valence-corrected chi connectivity index (χ0v) is 10.2. The number of aryl methyl sites for hydroxylation is 1. The smallest absolute Gasteiger partial charge is 0.166 e. The van der Waals surface area contributed by atoms with Gasteiger partial charge in [0.15, 0.2) is 5.11 Å². The lowest BCUT2D eigenvalue weighted by molar-refractivity contribution is 0.619. The van der Waals surface area contributed by atoms with Gasteiger partial charge >= 0.3 is 0 Å². The summed E-state index contributed by atoms with van der Waals surface area (Å²) in [4.78, 5) is 0. The van der Waals surface area contributed by atoms with E-state index in [1.54, 1.807) is 0 Å². The lowest BCUT2D eigenvalue weighted by Gasteiger charge is -2.11. The Morgan fingerprint density at radius 2 is 2.27 bits per heavy atom. The summed E-state index contributed by atoms with van der Waals surface area (Å²) >= 11 is 5.14. The molecule has 0 atom stereocenters. The van der Waals surface area contributed by atoms with Crippen LogP contribution in [0.1, 0.15) is 25.1 Å². The molecule has 0 aliphatic heterocycles. The number of nitrogens with zero attached hydrogens (tertiary/aromatic N) is 1. The van der Waals surface area contributed by atoms with Gasteiger partial charge in [0.05, 0.1) is 6.20 Å². The highest BCUT2D eigenvalue weighted by atomic mass is 32.1. The number of hydrogen-bond donors (Lipinski definition) is 3. The molecule has 0 unspecified atom stereocenters. The van der Waals surface area contributed by atoms with E-state index < -0.39 is 0 Å². The number of nitrogens with one attached hydrogen (secondary N) is 3. The van der Waals surface area contributed by atoms with Gasteiger partial charge in [-0.2, -0.15) is 5.10 Å². The van der Waals surface area contributed by atoms with Crippen LogP contribution < -0.4 is 10.6 Å². The number of aromatic amines is 1. The Bertz CT molecular complexity index is 319. The molecule has 3 N–H and O–H groups in total. The quantitative estimate of drug-likeness (QED) is 0.678. The van der Waals surface area contributed by atoms with E-state index in [1.165, 1.54) is 0 Å². The molecule has 1 heterocycles. The number of rotatable bonds is 4. The fourth-order valence-corrected chi connectivity index (χ4v) is 1.24. The Labute approximate surface area is 95.8 Å². The first-order valence-electron chi connectivity index (χ1n) is 5.10. The van der Waals surface area contributed by atoms with Gasteiger partial charge in [-0.15, -0.1) is 0 Å². The van der Waals surface area contributed by atoms with Crippen LogP contribution in [0.4, 0.5) is 0 Å². The molecule has 0 spiro atoms. The Balaban J connectivity index is 2.26. The molecule has 0 fully saturated rings. The van der Waals surface area contributed by atoms with E-state index in [1.807, 2.05) is 13.1 Å². The van der Waals surface area contributed by atoms with Gasteiger partial charge in [0.1, 0.15) is 0 Å². The molecule has 15 heavy (non-hydrogen) atoms. The van der Waals surface area contributed by atoms with Crippen molar-refractivity contribution in [1.82, 2.24) is 20.8 Å². The van der Waals surface area contributed by atoms with Crippen LogP contribution in [-0.4, -0.2) is 21.9 Å². The van der Waals surface area contributed by atoms with Gasteiger partial charge in [-0.1, -0.05) is 13.8 Å². The van der Waals surface area contributed by atoms with Gasteiger partial charge in [0.2, 0.25) is 0 Å². The summed E-state index contributed by atoms with van der Waals surface area (Å²) in [7, 11) is 0. The van der Waals surface area contributed by atoms with Gasteiger partial charge in [-0.05, 0) is 25.1 Å². The van der Waals surface area contributed by atoms with E-state index in [2.05, 4.69) is 34.7 Å². The molecule has 0 aliphatic carbocycles. The van der Waals surface area contributed by atoms with Crippen molar-refractivity contribution in [1.29, 1.82) is 0 Å². The van der Waals surface area contributed by atoms with Crippen LogP contribution in [-0.2, 0) is 6.54 Å². The van der Waals surface area contributed by atoms with Crippen LogP contribution in [0.25, 0.3) is 0 Å². The van der Waals surface area contributed by atoms with E-state index in [4.69, 9.17) is 12.2 Å². The van der Waals surface area contributed by atoms with Crippen molar-refractivity contribution in [2.45, 2.75) is 27.3 Å². The molecule has 4 nitrogen and oxygen atoms in total. The first kappa shape index (κ1) is 12.0. The van der Waals surface area contributed by atoms with Gasteiger partial charge < -0.3 is 10.6 Å². The second-order valence-electron chi connectivity index (χ2n) is 3.98. The minimum absolute atomic E-state index is 0.598. The molecule has 0 saturated carbocycles. The van der Waals surface area contributed by atoms with Crippen molar-refractivity contribution in [2.24, 2.45) is 5.92 Å². The lowest BCUT2D eigenvalue weighted by atomic mass is 10.2. The predicted molar refractivity (Wildman–Crippen MR) is 65.6 cm³/mol. The maximum absolute atomic E-state index is 5.14. The highest BCUT2D eigenvalue weighted by Crippen LogP contribution is 2.00. The average molecular weight is 226 g/mol. The van der Waals surface area contributed by atoms with Crippen LogP contribution in [0.15, 0.2) is 6.20 Å². The first-order chi connectivity index (χ1) is 7.09. The summed E-state index contributed by atoms with van der Waals surface area (Å²) in [5, 5.41) is 13.8. The van der Waals surface area contributed by atoms with E-state index in [0.717, 1.165) is 17.8 Å². The molecule has 1 aromatic rings. The number of H-pyrrole nitrogens is 1. The maximum Gasteiger partial charge on any atom is 0.166 e. The molecule has 0 aromatic carbocycles. The molecule has 0 saturated heterocycles. The maximum atomic E-state index is 5.14. The number of aromatic nitrogens is 2. The Hall–Kier alpha value is -1.10. The molecule has 1 rings (SSSR count). The second-order valence-corrected chi connectivity index (χ2v) is 4.39. The minimum atomic E-state index is 0.598. The van der Waals surface area contributed by atoms with Crippen molar-refractivity contribution in [3.63, 3.8) is 0 Å². The molecule has 1 aromatic heterocycles. The van der Waals surface area contributed by atoms with Crippen molar-refractivity contribution in [3.8, 4) is 0 Å². The van der Waals surface area contributed by atoms with E-state index >= 15 is 0 Å². The Morgan fingerprint density at radius 1 is 1.53 bits per heavy atom. The summed E-state index contributed by atoms with van der Waals surface area (Å²) in [5.41, 5.74) is 2.22. The van der Waals surface area contributed by atoms with E-state index in [9.17, 15) is 0 Å². The Kier molecular flexibility index (Phi) is 4.55. The molecule has 0 aliphatic rings. The number of thiocarbonyl (C=S) groups is 1. The third-order valence-electron chi connectivity index (χ3n) is 2.04. The van der Waals surface area contributed by atoms with Crippen molar-refractivity contribution in [2.75, 3.05) is 6.54 Å². The van der Waals surface area contributed by atoms with Crippen LogP contribution in [0, 0.1) is 12.8 Å². The molecule has 84 valence electrons. The average Bonchev–Trinajstić information content (AvgIpc) is 2.58. The fourth-order valence-electron chi connectivity index (χ4n) is 1.09. The topological polar surface area (TPSA) is 52.7 Å². The SMILES string of the molecule is Cc1[nH]ncc1CNC(=S)NCC(C)C. The van der Waals surface area contributed by atoms with Gasteiger partial charge in [0.25, 0.3) is 0 Å². The first-order valence-corrected chi connectivity index (χ1v) is 5.51. The van der Waals surface area contributed by atoms with Crippen LogP contribution in [0.3, 0.4) is 0 Å². The zero-order valence-electron chi connectivity index (χ0n) is 9.42. The van der Waals surface area contributed by atoms with Gasteiger partial charge in [-0.25, -0.2) is 0 Å². The summed E-state index contributed by atoms with van der Waals surface area (Å²) < 4.78 is 0. The van der Waals surface area contributed by atoms with Crippen LogP contribution in [0.5, 0.6) is 0 Å². The fraction of sp³-hybridized carbons (Fsp3) is 0.600. The van der Waals surface area contributed by atoms with Crippen LogP contribution >= 0.6 is 12.2 Å².